The molecule has 0 unspecified atom stereocenters. The van der Waals surface area contributed by atoms with Crippen LogP contribution in [0, 0.1) is 0 Å². The van der Waals surface area contributed by atoms with Crippen molar-refractivity contribution in [1.82, 2.24) is 10.2 Å². The molecule has 1 amide bonds. The van der Waals surface area contributed by atoms with Crippen LogP contribution >= 0.6 is 50.9 Å². The fraction of sp³-hybridized carbons (Fsp3) is 0.0625. The number of rotatable bonds is 5. The Morgan fingerprint density at radius 2 is 1.88 bits per heavy atom. The maximum absolute atomic E-state index is 12.0. The molecule has 0 aliphatic carbocycles. The van der Waals surface area contributed by atoms with Gasteiger partial charge in [-0.15, -0.1) is 10.2 Å². The minimum Gasteiger partial charge on any atom is -0.411 e. The van der Waals surface area contributed by atoms with E-state index in [2.05, 4.69) is 31.4 Å². The van der Waals surface area contributed by atoms with Crippen molar-refractivity contribution in [2.45, 2.75) is 5.22 Å². The maximum Gasteiger partial charge on any atom is 0.277 e. The zero-order chi connectivity index (χ0) is 17.8. The Labute approximate surface area is 166 Å². The highest BCUT2D eigenvalue weighted by molar-refractivity contribution is 9.10. The molecule has 25 heavy (non-hydrogen) atoms. The summed E-state index contributed by atoms with van der Waals surface area (Å²) in [4.78, 5) is 12.0. The van der Waals surface area contributed by atoms with Crippen LogP contribution in [0.4, 0.5) is 5.69 Å². The highest BCUT2D eigenvalue weighted by Crippen LogP contribution is 2.26. The number of hydrogen-bond acceptors (Lipinski definition) is 5. The molecular formula is C16H10BrCl2N3O2S. The number of nitrogens with one attached hydrogen (secondary N) is 1. The average Bonchev–Trinajstić information content (AvgIpc) is 3.06. The largest absolute Gasteiger partial charge is 0.411 e. The molecule has 3 rings (SSSR count). The van der Waals surface area contributed by atoms with Crippen molar-refractivity contribution < 1.29 is 9.21 Å². The molecule has 2 aromatic carbocycles. The van der Waals surface area contributed by atoms with Crippen molar-refractivity contribution in [2.24, 2.45) is 0 Å². The monoisotopic (exact) mass is 457 g/mol. The zero-order valence-corrected chi connectivity index (χ0v) is 16.4. The van der Waals surface area contributed by atoms with Gasteiger partial charge in [0.05, 0.1) is 15.8 Å². The van der Waals surface area contributed by atoms with Crippen LogP contribution in [0.3, 0.4) is 0 Å². The van der Waals surface area contributed by atoms with E-state index in [9.17, 15) is 4.79 Å². The van der Waals surface area contributed by atoms with Gasteiger partial charge in [0, 0.05) is 15.7 Å². The lowest BCUT2D eigenvalue weighted by molar-refractivity contribution is -0.113. The lowest BCUT2D eigenvalue weighted by atomic mass is 10.2. The van der Waals surface area contributed by atoms with E-state index >= 15 is 0 Å². The number of nitrogens with zero attached hydrogens (tertiary/aromatic N) is 2. The van der Waals surface area contributed by atoms with Crippen LogP contribution in [0.25, 0.3) is 11.5 Å². The number of anilines is 1. The van der Waals surface area contributed by atoms with Gasteiger partial charge in [-0.25, -0.2) is 0 Å². The summed E-state index contributed by atoms with van der Waals surface area (Å²) in [6.45, 7) is 0. The van der Waals surface area contributed by atoms with Gasteiger partial charge < -0.3 is 9.73 Å². The summed E-state index contributed by atoms with van der Waals surface area (Å²) >= 11 is 16.3. The van der Waals surface area contributed by atoms with E-state index in [1.54, 1.807) is 18.2 Å². The Morgan fingerprint density at radius 3 is 2.60 bits per heavy atom. The van der Waals surface area contributed by atoms with Crippen molar-refractivity contribution in [3.63, 3.8) is 0 Å². The molecule has 0 aliphatic rings. The van der Waals surface area contributed by atoms with E-state index in [1.807, 2.05) is 24.3 Å². The van der Waals surface area contributed by atoms with E-state index in [1.165, 1.54) is 0 Å². The second kappa shape index (κ2) is 8.23. The Hall–Kier alpha value is -1.54. The molecule has 0 saturated carbocycles. The molecule has 0 aliphatic heterocycles. The van der Waals surface area contributed by atoms with Gasteiger partial charge >= 0.3 is 0 Å². The van der Waals surface area contributed by atoms with E-state index < -0.39 is 0 Å². The minimum absolute atomic E-state index is 0.127. The lowest BCUT2D eigenvalue weighted by Crippen LogP contribution is -2.13. The Kier molecular flexibility index (Phi) is 6.01. The number of amides is 1. The first kappa shape index (κ1) is 18.3. The summed E-state index contributed by atoms with van der Waals surface area (Å²) in [6, 6.07) is 12.4. The molecule has 3 aromatic rings. The molecule has 9 heteroatoms. The third-order valence-electron chi connectivity index (χ3n) is 3.03. The number of benzene rings is 2. The summed E-state index contributed by atoms with van der Waals surface area (Å²) in [7, 11) is 0. The summed E-state index contributed by atoms with van der Waals surface area (Å²) in [6.07, 6.45) is 0. The molecule has 0 atom stereocenters. The number of carbonyl (C=O) groups excluding carboxylic acids is 1. The number of thioether (sulfide) groups is 1. The zero-order valence-electron chi connectivity index (χ0n) is 12.5. The molecule has 128 valence electrons. The smallest absolute Gasteiger partial charge is 0.277 e. The molecular weight excluding hydrogens is 449 g/mol. The highest BCUT2D eigenvalue weighted by Gasteiger charge is 2.12. The minimum atomic E-state index is -0.216. The lowest BCUT2D eigenvalue weighted by Gasteiger charge is -2.05. The van der Waals surface area contributed by atoms with Crippen molar-refractivity contribution >= 4 is 62.5 Å². The number of aromatic nitrogens is 2. The Morgan fingerprint density at radius 1 is 1.12 bits per heavy atom. The molecule has 1 N–H and O–H groups in total. The van der Waals surface area contributed by atoms with Crippen molar-refractivity contribution in [3.05, 3.63) is 57.0 Å². The summed E-state index contributed by atoms with van der Waals surface area (Å²) in [5.74, 6) is 0.314. The maximum atomic E-state index is 12.0. The molecule has 0 spiro atoms. The van der Waals surface area contributed by atoms with E-state index in [0.29, 0.717) is 26.8 Å². The van der Waals surface area contributed by atoms with Gasteiger partial charge in [-0.2, -0.15) is 0 Å². The van der Waals surface area contributed by atoms with Crippen LogP contribution < -0.4 is 5.32 Å². The second-order valence-corrected chi connectivity index (χ2v) is 7.50. The van der Waals surface area contributed by atoms with Crippen LogP contribution in [-0.2, 0) is 4.79 Å². The third kappa shape index (κ3) is 4.98. The standard InChI is InChI=1S/C16H10BrCl2N3O2S/c17-10-3-1-9(2-4-10)15-21-22-16(24-15)25-8-14(23)20-11-5-6-12(18)13(19)7-11/h1-7H,8H2,(H,20,23). The Bertz CT molecular complexity index is 903. The number of halogens is 3. The van der Waals surface area contributed by atoms with E-state index in [4.69, 9.17) is 27.6 Å². The SMILES string of the molecule is O=C(CSc1nnc(-c2ccc(Br)cc2)o1)Nc1ccc(Cl)c(Cl)c1. The van der Waals surface area contributed by atoms with Crippen LogP contribution in [0.15, 0.2) is 56.6 Å². The first-order chi connectivity index (χ1) is 12.0. The van der Waals surface area contributed by atoms with Gasteiger partial charge in [-0.05, 0) is 42.5 Å². The molecule has 1 aromatic heterocycles. The fourth-order valence-electron chi connectivity index (χ4n) is 1.88. The molecule has 0 saturated heterocycles. The molecule has 0 bridgehead atoms. The van der Waals surface area contributed by atoms with Crippen molar-refractivity contribution in [1.29, 1.82) is 0 Å². The normalized spacial score (nSPS) is 10.7. The van der Waals surface area contributed by atoms with Crippen LogP contribution in [-0.4, -0.2) is 21.9 Å². The first-order valence-corrected chi connectivity index (χ1v) is 9.52. The second-order valence-electron chi connectivity index (χ2n) is 4.85. The van der Waals surface area contributed by atoms with Gasteiger partial charge in [-0.1, -0.05) is 50.9 Å². The summed E-state index contributed by atoms with van der Waals surface area (Å²) in [5.41, 5.74) is 1.38. The molecule has 0 fully saturated rings. The fourth-order valence-corrected chi connectivity index (χ4v) is 3.00. The molecule has 1 heterocycles. The van der Waals surface area contributed by atoms with Gasteiger partial charge in [0.1, 0.15) is 0 Å². The van der Waals surface area contributed by atoms with Gasteiger partial charge in [0.15, 0.2) is 0 Å². The van der Waals surface area contributed by atoms with Gasteiger partial charge in [0.25, 0.3) is 5.22 Å². The van der Waals surface area contributed by atoms with Crippen LogP contribution in [0.5, 0.6) is 0 Å². The van der Waals surface area contributed by atoms with Crippen LogP contribution in [0.2, 0.25) is 10.0 Å². The van der Waals surface area contributed by atoms with Gasteiger partial charge in [-0.3, -0.25) is 4.79 Å². The number of carbonyl (C=O) groups is 1. The van der Waals surface area contributed by atoms with Crippen molar-refractivity contribution in [3.8, 4) is 11.5 Å². The van der Waals surface area contributed by atoms with Crippen molar-refractivity contribution in [2.75, 3.05) is 11.1 Å². The molecule has 5 nitrogen and oxygen atoms in total. The van der Waals surface area contributed by atoms with E-state index in [0.717, 1.165) is 21.8 Å². The van der Waals surface area contributed by atoms with Crippen LogP contribution in [0.1, 0.15) is 0 Å². The topological polar surface area (TPSA) is 68.0 Å². The third-order valence-corrected chi connectivity index (χ3v) is 5.11. The van der Waals surface area contributed by atoms with Gasteiger partial charge in [0.2, 0.25) is 11.8 Å². The first-order valence-electron chi connectivity index (χ1n) is 6.98. The van der Waals surface area contributed by atoms with E-state index in [-0.39, 0.29) is 11.7 Å². The average molecular weight is 459 g/mol. The summed E-state index contributed by atoms with van der Waals surface area (Å²) in [5, 5.41) is 11.8. The highest BCUT2D eigenvalue weighted by atomic mass is 79.9. The Balaban J connectivity index is 1.57. The number of hydrogen-bond donors (Lipinski definition) is 1. The predicted molar refractivity (Wildman–Crippen MR) is 103 cm³/mol. The quantitative estimate of drug-likeness (QED) is 0.508. The summed E-state index contributed by atoms with van der Waals surface area (Å²) < 4.78 is 6.51. The molecule has 0 radical (unpaired) electrons. The predicted octanol–water partition coefficient (Wildman–Crippen LogP) is 5.54.